The molecule has 4 rings (SSSR count). The lowest BCUT2D eigenvalue weighted by Crippen LogP contribution is -2.38. The fraction of sp³-hybridized carbons (Fsp3) is 0.571. The highest BCUT2D eigenvalue weighted by Crippen LogP contribution is 2.20. The van der Waals surface area contributed by atoms with E-state index in [0.29, 0.717) is 16.7 Å². The van der Waals surface area contributed by atoms with Crippen LogP contribution in [0.4, 0.5) is 0 Å². The van der Waals surface area contributed by atoms with Crippen molar-refractivity contribution < 1.29 is 9.53 Å². The molecule has 6 nitrogen and oxygen atoms in total. The van der Waals surface area contributed by atoms with E-state index in [4.69, 9.17) is 4.74 Å². The molecule has 1 amide bonds. The highest BCUT2D eigenvalue weighted by Gasteiger charge is 2.17. The van der Waals surface area contributed by atoms with Crippen LogP contribution in [0.15, 0.2) is 23.0 Å². The van der Waals surface area contributed by atoms with Crippen molar-refractivity contribution in [3.05, 3.63) is 34.4 Å². The van der Waals surface area contributed by atoms with Crippen LogP contribution < -0.4 is 15.6 Å². The van der Waals surface area contributed by atoms with Crippen LogP contribution in [0.1, 0.15) is 57.2 Å². The summed E-state index contributed by atoms with van der Waals surface area (Å²) in [5.41, 5.74) is 0.696. The van der Waals surface area contributed by atoms with Crippen molar-refractivity contribution in [1.29, 1.82) is 0 Å². The number of fused-ring (bicyclic) bond motifs is 2. The summed E-state index contributed by atoms with van der Waals surface area (Å²) < 4.78 is 7.45. The standard InChI is InChI=1S/C21H27N3O3/c25-20(22-15-7-3-1-4-8-15)14-27-16-10-11-18-17(13-16)21(26)24-12-6-2-5-9-19(24)23-18/h10-11,13,15H,1-9,12,14H2,(H,22,25). The Morgan fingerprint density at radius 2 is 1.96 bits per heavy atom. The Labute approximate surface area is 158 Å². The predicted octanol–water partition coefficient (Wildman–Crippen LogP) is 2.95. The molecule has 0 unspecified atom stereocenters. The number of nitrogens with one attached hydrogen (secondary N) is 1. The normalized spacial score (nSPS) is 17.9. The van der Waals surface area contributed by atoms with Gasteiger partial charge in [-0.15, -0.1) is 0 Å². The predicted molar refractivity (Wildman–Crippen MR) is 104 cm³/mol. The van der Waals surface area contributed by atoms with Gasteiger partial charge in [-0.25, -0.2) is 4.98 Å². The molecule has 1 aromatic heterocycles. The molecular weight excluding hydrogens is 342 g/mol. The molecule has 0 radical (unpaired) electrons. The number of aromatic nitrogens is 2. The average Bonchev–Trinajstić information content (AvgIpc) is 2.93. The number of carbonyl (C=O) groups excluding carboxylic acids is 1. The Kier molecular flexibility index (Phi) is 5.41. The molecule has 144 valence electrons. The van der Waals surface area contributed by atoms with Crippen molar-refractivity contribution in [3.8, 4) is 5.75 Å². The van der Waals surface area contributed by atoms with Gasteiger partial charge in [0.25, 0.3) is 11.5 Å². The highest BCUT2D eigenvalue weighted by molar-refractivity contribution is 5.80. The zero-order valence-corrected chi connectivity index (χ0v) is 15.7. The van der Waals surface area contributed by atoms with Gasteiger partial charge >= 0.3 is 0 Å². The molecule has 1 aliphatic carbocycles. The first kappa shape index (κ1) is 18.0. The minimum atomic E-state index is -0.0984. The maximum absolute atomic E-state index is 12.9. The van der Waals surface area contributed by atoms with Crippen molar-refractivity contribution in [1.82, 2.24) is 14.9 Å². The van der Waals surface area contributed by atoms with Crippen LogP contribution in [-0.4, -0.2) is 28.1 Å². The van der Waals surface area contributed by atoms with Gasteiger partial charge in [0.05, 0.1) is 10.9 Å². The maximum atomic E-state index is 12.9. The van der Waals surface area contributed by atoms with E-state index in [1.807, 2.05) is 6.07 Å². The maximum Gasteiger partial charge on any atom is 0.261 e. The number of carbonyl (C=O) groups is 1. The van der Waals surface area contributed by atoms with E-state index in [1.54, 1.807) is 16.7 Å². The van der Waals surface area contributed by atoms with Gasteiger partial charge < -0.3 is 10.1 Å². The first-order valence-electron chi connectivity index (χ1n) is 10.2. The Bertz CT molecular complexity index is 884. The largest absolute Gasteiger partial charge is 0.484 e. The molecule has 6 heteroatoms. The van der Waals surface area contributed by atoms with Crippen LogP contribution in [0.5, 0.6) is 5.75 Å². The number of nitrogens with zero attached hydrogens (tertiary/aromatic N) is 2. The van der Waals surface area contributed by atoms with Crippen LogP contribution in [0, 0.1) is 0 Å². The summed E-state index contributed by atoms with van der Waals surface area (Å²) in [7, 11) is 0. The molecule has 0 bridgehead atoms. The first-order chi connectivity index (χ1) is 13.2. The van der Waals surface area contributed by atoms with Crippen molar-refractivity contribution in [2.45, 2.75) is 70.4 Å². The third kappa shape index (κ3) is 4.15. The number of hydrogen-bond acceptors (Lipinski definition) is 4. The SMILES string of the molecule is O=C(COc1ccc2nc3n(c(=O)c2c1)CCCCC3)NC1CCCCC1. The quantitative estimate of drug-likeness (QED) is 0.899. The third-order valence-corrected chi connectivity index (χ3v) is 5.63. The monoisotopic (exact) mass is 369 g/mol. The smallest absolute Gasteiger partial charge is 0.261 e. The number of rotatable bonds is 4. The van der Waals surface area contributed by atoms with E-state index in [0.717, 1.165) is 50.9 Å². The zero-order valence-electron chi connectivity index (χ0n) is 15.7. The number of benzene rings is 1. The Morgan fingerprint density at radius 1 is 1.15 bits per heavy atom. The van der Waals surface area contributed by atoms with Gasteiger partial charge in [0.2, 0.25) is 0 Å². The lowest BCUT2D eigenvalue weighted by atomic mass is 9.95. The lowest BCUT2D eigenvalue weighted by molar-refractivity contribution is -0.124. The number of hydrogen-bond donors (Lipinski definition) is 1. The Balaban J connectivity index is 1.47. The van der Waals surface area contributed by atoms with Crippen LogP contribution in [0.25, 0.3) is 10.9 Å². The van der Waals surface area contributed by atoms with Crippen molar-refractivity contribution in [3.63, 3.8) is 0 Å². The summed E-state index contributed by atoms with van der Waals surface area (Å²) in [6.07, 6.45) is 9.79. The second-order valence-electron chi connectivity index (χ2n) is 7.67. The summed E-state index contributed by atoms with van der Waals surface area (Å²) >= 11 is 0. The van der Waals surface area contributed by atoms with Crippen molar-refractivity contribution in [2.24, 2.45) is 0 Å². The molecule has 2 aromatic rings. The van der Waals surface area contributed by atoms with E-state index >= 15 is 0 Å². The van der Waals surface area contributed by atoms with E-state index in [9.17, 15) is 9.59 Å². The Morgan fingerprint density at radius 3 is 2.81 bits per heavy atom. The van der Waals surface area contributed by atoms with Gasteiger partial charge in [0, 0.05) is 19.0 Å². The summed E-state index contributed by atoms with van der Waals surface area (Å²) in [5, 5.41) is 3.60. The van der Waals surface area contributed by atoms with E-state index in [1.165, 1.54) is 19.3 Å². The first-order valence-corrected chi connectivity index (χ1v) is 10.2. The number of ether oxygens (including phenoxy) is 1. The molecule has 1 N–H and O–H groups in total. The molecule has 27 heavy (non-hydrogen) atoms. The second kappa shape index (κ2) is 8.11. The van der Waals surface area contributed by atoms with Gasteiger partial charge in [0.15, 0.2) is 6.61 Å². The molecule has 1 saturated carbocycles. The van der Waals surface area contributed by atoms with Crippen LogP contribution in [0.2, 0.25) is 0 Å². The molecule has 0 spiro atoms. The minimum Gasteiger partial charge on any atom is -0.484 e. The van der Waals surface area contributed by atoms with Gasteiger partial charge in [-0.3, -0.25) is 14.2 Å². The fourth-order valence-electron chi connectivity index (χ4n) is 4.15. The second-order valence-corrected chi connectivity index (χ2v) is 7.67. The Hall–Kier alpha value is -2.37. The lowest BCUT2D eigenvalue weighted by Gasteiger charge is -2.22. The van der Waals surface area contributed by atoms with Crippen LogP contribution in [-0.2, 0) is 17.8 Å². The molecule has 0 saturated heterocycles. The summed E-state index contributed by atoms with van der Waals surface area (Å²) in [6, 6.07) is 5.60. The molecule has 2 aliphatic rings. The molecule has 1 fully saturated rings. The van der Waals surface area contributed by atoms with Crippen molar-refractivity contribution in [2.75, 3.05) is 6.61 Å². The summed E-state index contributed by atoms with van der Waals surface area (Å²) in [4.78, 5) is 29.7. The number of amides is 1. The van der Waals surface area contributed by atoms with Crippen LogP contribution >= 0.6 is 0 Å². The number of aryl methyl sites for hydroxylation is 1. The summed E-state index contributed by atoms with van der Waals surface area (Å²) in [5.74, 6) is 1.32. The molecule has 2 heterocycles. The van der Waals surface area contributed by atoms with Gasteiger partial charge in [-0.1, -0.05) is 25.7 Å². The molecule has 0 atom stereocenters. The average molecular weight is 369 g/mol. The van der Waals surface area contributed by atoms with E-state index < -0.39 is 0 Å². The van der Waals surface area contributed by atoms with Gasteiger partial charge in [-0.2, -0.15) is 0 Å². The van der Waals surface area contributed by atoms with E-state index in [2.05, 4.69) is 10.3 Å². The summed E-state index contributed by atoms with van der Waals surface area (Å²) in [6.45, 7) is 0.702. The highest BCUT2D eigenvalue weighted by atomic mass is 16.5. The molecule has 1 aromatic carbocycles. The molecular formula is C21H27N3O3. The van der Waals surface area contributed by atoms with Crippen LogP contribution in [0.3, 0.4) is 0 Å². The molecule has 1 aliphatic heterocycles. The van der Waals surface area contributed by atoms with Gasteiger partial charge in [-0.05, 0) is 43.9 Å². The zero-order chi connectivity index (χ0) is 18.6. The third-order valence-electron chi connectivity index (χ3n) is 5.63. The van der Waals surface area contributed by atoms with Crippen molar-refractivity contribution >= 4 is 16.8 Å². The fourth-order valence-corrected chi connectivity index (χ4v) is 4.15. The topological polar surface area (TPSA) is 73.2 Å². The van der Waals surface area contributed by atoms with Gasteiger partial charge in [0.1, 0.15) is 11.6 Å². The van der Waals surface area contributed by atoms with E-state index in [-0.39, 0.29) is 24.1 Å². The minimum absolute atomic E-state index is 0.00555.